The predicted octanol–water partition coefficient (Wildman–Crippen LogP) is 6.87. The van der Waals surface area contributed by atoms with Crippen LogP contribution >= 0.6 is 11.8 Å². The lowest BCUT2D eigenvalue weighted by Crippen LogP contribution is -2.38. The maximum atomic E-state index is 2.35. The third-order valence-electron chi connectivity index (χ3n) is 4.54. The Hall–Kier alpha value is -0.470. The third kappa shape index (κ3) is 12.0. The van der Waals surface area contributed by atoms with Gasteiger partial charge in [-0.25, -0.2) is 0 Å². The first-order chi connectivity index (χ1) is 11.6. The normalized spacial score (nSPS) is 11.8. The molecule has 0 atom stereocenters. The van der Waals surface area contributed by atoms with Gasteiger partial charge in [-0.1, -0.05) is 95.0 Å². The zero-order valence-electron chi connectivity index (χ0n) is 16.4. The molecule has 0 aromatic heterocycles. The maximum Gasteiger partial charge on any atom is 0.125 e. The first-order valence-electron chi connectivity index (χ1n) is 10.1. The average molecular weight is 351 g/mol. The van der Waals surface area contributed by atoms with E-state index in [-0.39, 0.29) is 0 Å². The molecule has 0 aliphatic heterocycles. The molecule has 0 saturated heterocycles. The molecule has 0 unspecified atom stereocenters. The van der Waals surface area contributed by atoms with E-state index in [1.807, 2.05) is 0 Å². The molecule has 0 fully saturated rings. The molecule has 0 radical (unpaired) electrons. The molecule has 138 valence electrons. The highest BCUT2D eigenvalue weighted by molar-refractivity contribution is 7.99. The van der Waals surface area contributed by atoms with E-state index in [0.717, 1.165) is 11.0 Å². The van der Waals surface area contributed by atoms with Crippen molar-refractivity contribution in [2.75, 3.05) is 25.7 Å². The van der Waals surface area contributed by atoms with Crippen LogP contribution in [0, 0.1) is 0 Å². The standard InChI is InChI=1S/C22H40NS/c1-4-5-6-7-8-9-10-11-12-16-19-24-21-23(2,3)20-22-17-14-13-15-18-22/h13-15,17-18H,4-12,16,19-21H2,1-3H3/q+1. The van der Waals surface area contributed by atoms with Gasteiger partial charge in [-0.15, -0.1) is 11.8 Å². The van der Waals surface area contributed by atoms with E-state index in [1.54, 1.807) is 0 Å². The van der Waals surface area contributed by atoms with Gasteiger partial charge in [-0.3, -0.25) is 0 Å². The number of thioether (sulfide) groups is 1. The summed E-state index contributed by atoms with van der Waals surface area (Å²) in [4.78, 5) is 0. The number of hydrogen-bond donors (Lipinski definition) is 0. The van der Waals surface area contributed by atoms with Crippen molar-refractivity contribution in [2.24, 2.45) is 0 Å². The molecule has 1 nitrogen and oxygen atoms in total. The monoisotopic (exact) mass is 350 g/mol. The number of hydrogen-bond acceptors (Lipinski definition) is 1. The fourth-order valence-corrected chi connectivity index (χ4v) is 4.25. The number of unbranched alkanes of at least 4 members (excludes halogenated alkanes) is 9. The van der Waals surface area contributed by atoms with Gasteiger partial charge in [0, 0.05) is 5.56 Å². The number of quaternary nitrogens is 1. The van der Waals surface area contributed by atoms with E-state index in [1.165, 1.54) is 81.4 Å². The Balaban J connectivity index is 1.92. The van der Waals surface area contributed by atoms with E-state index < -0.39 is 0 Å². The molecule has 0 aliphatic carbocycles. The van der Waals surface area contributed by atoms with E-state index in [0.29, 0.717) is 0 Å². The minimum Gasteiger partial charge on any atom is -0.316 e. The van der Waals surface area contributed by atoms with Crippen LogP contribution in [0.3, 0.4) is 0 Å². The number of nitrogens with zero attached hydrogens (tertiary/aromatic N) is 1. The van der Waals surface area contributed by atoms with Crippen molar-refractivity contribution in [2.45, 2.75) is 77.7 Å². The molecule has 0 bridgehead atoms. The lowest BCUT2D eigenvalue weighted by atomic mass is 10.1. The molecule has 0 amide bonds. The Morgan fingerprint density at radius 1 is 0.750 bits per heavy atom. The summed E-state index contributed by atoms with van der Waals surface area (Å²) >= 11 is 2.13. The first-order valence-corrected chi connectivity index (χ1v) is 11.2. The quantitative estimate of drug-likeness (QED) is 0.189. The predicted molar refractivity (Wildman–Crippen MR) is 111 cm³/mol. The minimum atomic E-state index is 1.08. The fourth-order valence-electron chi connectivity index (χ4n) is 3.13. The van der Waals surface area contributed by atoms with Crippen LogP contribution in [0.25, 0.3) is 0 Å². The van der Waals surface area contributed by atoms with Crippen LogP contribution in [-0.4, -0.2) is 30.2 Å². The molecule has 0 spiro atoms. The second-order valence-corrected chi connectivity index (χ2v) is 8.87. The number of rotatable bonds is 15. The Labute approximate surface area is 155 Å². The zero-order chi connectivity index (χ0) is 17.5. The highest BCUT2D eigenvalue weighted by atomic mass is 32.2. The van der Waals surface area contributed by atoms with Gasteiger partial charge in [0.25, 0.3) is 0 Å². The molecular formula is C22H40NS+. The average Bonchev–Trinajstić information content (AvgIpc) is 2.56. The SMILES string of the molecule is CCCCCCCCCCCCSC[N+](C)(C)Cc1ccccc1. The lowest BCUT2D eigenvalue weighted by molar-refractivity contribution is -0.891. The van der Waals surface area contributed by atoms with Crippen molar-refractivity contribution in [3.05, 3.63) is 35.9 Å². The summed E-state index contributed by atoms with van der Waals surface area (Å²) < 4.78 is 1.08. The van der Waals surface area contributed by atoms with Crippen LogP contribution in [0.2, 0.25) is 0 Å². The third-order valence-corrected chi connectivity index (χ3v) is 6.00. The molecular weight excluding hydrogens is 310 g/mol. The summed E-state index contributed by atoms with van der Waals surface area (Å²) in [5.41, 5.74) is 1.45. The molecule has 1 aromatic rings. The van der Waals surface area contributed by atoms with Crippen LogP contribution in [0.4, 0.5) is 0 Å². The van der Waals surface area contributed by atoms with Crippen LogP contribution in [0.15, 0.2) is 30.3 Å². The smallest absolute Gasteiger partial charge is 0.125 e. The molecule has 0 N–H and O–H groups in total. The second-order valence-electron chi connectivity index (χ2n) is 7.80. The van der Waals surface area contributed by atoms with Gasteiger partial charge in [-0.05, 0) is 12.2 Å². The largest absolute Gasteiger partial charge is 0.316 e. The fraction of sp³-hybridized carbons (Fsp3) is 0.727. The van der Waals surface area contributed by atoms with Gasteiger partial charge in [0.2, 0.25) is 0 Å². The second kappa shape index (κ2) is 13.8. The molecule has 1 rings (SSSR count). The van der Waals surface area contributed by atoms with Crippen LogP contribution < -0.4 is 0 Å². The summed E-state index contributed by atoms with van der Waals surface area (Å²) in [6, 6.07) is 10.9. The molecule has 24 heavy (non-hydrogen) atoms. The Morgan fingerprint density at radius 3 is 1.88 bits per heavy atom. The zero-order valence-corrected chi connectivity index (χ0v) is 17.3. The minimum absolute atomic E-state index is 1.08. The van der Waals surface area contributed by atoms with Gasteiger partial charge < -0.3 is 4.48 Å². The van der Waals surface area contributed by atoms with Crippen molar-refractivity contribution in [3.63, 3.8) is 0 Å². The van der Waals surface area contributed by atoms with E-state index in [2.05, 4.69) is 63.1 Å². The van der Waals surface area contributed by atoms with Gasteiger partial charge in [-0.2, -0.15) is 0 Å². The molecule has 0 aliphatic rings. The highest BCUT2D eigenvalue weighted by Gasteiger charge is 2.15. The summed E-state index contributed by atoms with van der Waals surface area (Å²) in [5.74, 6) is 2.54. The van der Waals surface area contributed by atoms with E-state index in [9.17, 15) is 0 Å². The van der Waals surface area contributed by atoms with Crippen molar-refractivity contribution < 1.29 is 4.48 Å². The topological polar surface area (TPSA) is 0 Å². The van der Waals surface area contributed by atoms with Crippen molar-refractivity contribution in [3.8, 4) is 0 Å². The molecule has 1 aromatic carbocycles. The summed E-state index contributed by atoms with van der Waals surface area (Å²) in [7, 11) is 4.69. The highest BCUT2D eigenvalue weighted by Crippen LogP contribution is 2.17. The van der Waals surface area contributed by atoms with Crippen LogP contribution in [0.1, 0.15) is 76.7 Å². The summed E-state index contributed by atoms with van der Waals surface area (Å²) in [6.45, 7) is 3.42. The summed E-state index contributed by atoms with van der Waals surface area (Å²) in [6.07, 6.45) is 14.3. The molecule has 2 heteroatoms. The van der Waals surface area contributed by atoms with Gasteiger partial charge in [0.1, 0.15) is 12.4 Å². The number of benzene rings is 1. The van der Waals surface area contributed by atoms with Gasteiger partial charge in [0.05, 0.1) is 14.1 Å². The summed E-state index contributed by atoms with van der Waals surface area (Å²) in [5, 5.41) is 0. The Morgan fingerprint density at radius 2 is 1.29 bits per heavy atom. The molecule has 0 saturated carbocycles. The maximum absolute atomic E-state index is 2.35. The van der Waals surface area contributed by atoms with E-state index >= 15 is 0 Å². The lowest BCUT2D eigenvalue weighted by Gasteiger charge is -2.29. The van der Waals surface area contributed by atoms with Crippen molar-refractivity contribution in [1.29, 1.82) is 0 Å². The van der Waals surface area contributed by atoms with E-state index in [4.69, 9.17) is 0 Å². The Bertz CT molecular complexity index is 388. The van der Waals surface area contributed by atoms with Gasteiger partial charge >= 0.3 is 0 Å². The van der Waals surface area contributed by atoms with Crippen LogP contribution in [0.5, 0.6) is 0 Å². The van der Waals surface area contributed by atoms with Crippen molar-refractivity contribution in [1.82, 2.24) is 0 Å². The van der Waals surface area contributed by atoms with Gasteiger partial charge in [0.15, 0.2) is 0 Å². The Kier molecular flexibility index (Phi) is 12.4. The molecule has 0 heterocycles. The first kappa shape index (κ1) is 21.6. The van der Waals surface area contributed by atoms with Crippen LogP contribution in [-0.2, 0) is 6.54 Å². The van der Waals surface area contributed by atoms with Crippen molar-refractivity contribution >= 4 is 11.8 Å².